The smallest absolute Gasteiger partial charge is 0.139 e. The highest BCUT2D eigenvalue weighted by Crippen LogP contribution is 2.35. The molecule has 1 heterocycles. The van der Waals surface area contributed by atoms with E-state index in [4.69, 9.17) is 4.42 Å². The molecule has 2 aromatic rings. The van der Waals surface area contributed by atoms with Crippen LogP contribution in [0.1, 0.15) is 50.6 Å². The van der Waals surface area contributed by atoms with Crippen molar-refractivity contribution in [2.75, 3.05) is 6.54 Å². The minimum absolute atomic E-state index is 0.0693. The van der Waals surface area contributed by atoms with Crippen LogP contribution in [-0.2, 0) is 5.41 Å². The summed E-state index contributed by atoms with van der Waals surface area (Å²) in [7, 11) is 0. The van der Waals surface area contributed by atoms with E-state index in [1.165, 1.54) is 11.1 Å². The van der Waals surface area contributed by atoms with Crippen LogP contribution >= 0.6 is 15.9 Å². The van der Waals surface area contributed by atoms with Crippen LogP contribution in [0, 0.1) is 0 Å². The number of hydrogen-bond acceptors (Lipinski definition) is 2. The van der Waals surface area contributed by atoms with Crippen LogP contribution in [0.2, 0.25) is 0 Å². The van der Waals surface area contributed by atoms with Gasteiger partial charge >= 0.3 is 0 Å². The van der Waals surface area contributed by atoms with Crippen LogP contribution in [0.15, 0.2) is 45.5 Å². The molecule has 2 rings (SSSR count). The lowest BCUT2D eigenvalue weighted by molar-refractivity contribution is 0.443. The molecule has 0 amide bonds. The molecular weight excluding hydrogens is 314 g/mol. The van der Waals surface area contributed by atoms with Crippen molar-refractivity contribution in [1.82, 2.24) is 5.32 Å². The highest BCUT2D eigenvalue weighted by Gasteiger charge is 2.26. The Balaban J connectivity index is 2.54. The monoisotopic (exact) mass is 335 g/mol. The van der Waals surface area contributed by atoms with E-state index in [0.717, 1.165) is 16.8 Å². The second kappa shape index (κ2) is 6.15. The Morgan fingerprint density at radius 2 is 1.90 bits per heavy atom. The van der Waals surface area contributed by atoms with Crippen molar-refractivity contribution in [3.63, 3.8) is 0 Å². The predicted octanol–water partition coefficient (Wildman–Crippen LogP) is 5.04. The van der Waals surface area contributed by atoms with Gasteiger partial charge in [0.05, 0.1) is 16.8 Å². The molecule has 0 saturated carbocycles. The molecule has 0 aliphatic heterocycles. The van der Waals surface area contributed by atoms with Gasteiger partial charge in [0.2, 0.25) is 0 Å². The maximum atomic E-state index is 5.69. The Hall–Kier alpha value is -1.06. The topological polar surface area (TPSA) is 25.2 Å². The van der Waals surface area contributed by atoms with E-state index in [1.807, 2.05) is 6.07 Å². The van der Waals surface area contributed by atoms with Gasteiger partial charge in [-0.25, -0.2) is 0 Å². The molecule has 0 bridgehead atoms. The zero-order chi connectivity index (χ0) is 14.8. The van der Waals surface area contributed by atoms with Crippen molar-refractivity contribution < 1.29 is 4.42 Å². The Morgan fingerprint density at radius 3 is 2.45 bits per heavy atom. The van der Waals surface area contributed by atoms with Crippen LogP contribution in [0.25, 0.3) is 0 Å². The van der Waals surface area contributed by atoms with E-state index in [9.17, 15) is 0 Å². The molecule has 1 atom stereocenters. The van der Waals surface area contributed by atoms with Crippen LogP contribution in [0.3, 0.4) is 0 Å². The first-order valence-electron chi connectivity index (χ1n) is 7.00. The van der Waals surface area contributed by atoms with E-state index in [0.29, 0.717) is 0 Å². The maximum Gasteiger partial charge on any atom is 0.139 e. The van der Waals surface area contributed by atoms with Gasteiger partial charge in [-0.15, -0.1) is 0 Å². The minimum Gasteiger partial charge on any atom is -0.466 e. The highest BCUT2D eigenvalue weighted by molar-refractivity contribution is 9.10. The van der Waals surface area contributed by atoms with Gasteiger partial charge in [0.25, 0.3) is 0 Å². The first kappa shape index (κ1) is 15.3. The summed E-state index contributed by atoms with van der Waals surface area (Å²) in [5.74, 6) is 0.934. The lowest BCUT2D eigenvalue weighted by Crippen LogP contribution is -2.26. The predicted molar refractivity (Wildman–Crippen MR) is 87.1 cm³/mol. The standard InChI is InChI=1S/C17H22BrNO/c1-5-19-15(16-14(18)10-11-20-16)12-8-6-7-9-13(12)17(2,3)4/h6-11,15,19H,5H2,1-4H3. The molecule has 0 fully saturated rings. The van der Waals surface area contributed by atoms with Crippen molar-refractivity contribution in [1.29, 1.82) is 0 Å². The first-order chi connectivity index (χ1) is 9.45. The second-order valence-electron chi connectivity index (χ2n) is 5.96. The molecule has 2 nitrogen and oxygen atoms in total. The average Bonchev–Trinajstić information content (AvgIpc) is 2.81. The molecule has 0 aliphatic rings. The van der Waals surface area contributed by atoms with Gasteiger partial charge in [-0.1, -0.05) is 52.0 Å². The Labute approximate surface area is 129 Å². The van der Waals surface area contributed by atoms with E-state index in [1.54, 1.807) is 6.26 Å². The summed E-state index contributed by atoms with van der Waals surface area (Å²) in [6, 6.07) is 10.6. The fourth-order valence-corrected chi connectivity index (χ4v) is 2.92. The number of halogens is 1. The molecule has 0 aliphatic carbocycles. The summed E-state index contributed by atoms with van der Waals surface area (Å²) in [6.07, 6.45) is 1.73. The van der Waals surface area contributed by atoms with E-state index < -0.39 is 0 Å². The van der Waals surface area contributed by atoms with Gasteiger partial charge < -0.3 is 9.73 Å². The minimum atomic E-state index is 0.0693. The molecule has 1 aromatic carbocycles. The van der Waals surface area contributed by atoms with Crippen molar-refractivity contribution in [2.45, 2.75) is 39.2 Å². The summed E-state index contributed by atoms with van der Waals surface area (Å²) in [4.78, 5) is 0. The summed E-state index contributed by atoms with van der Waals surface area (Å²) in [5, 5.41) is 3.53. The van der Waals surface area contributed by atoms with E-state index >= 15 is 0 Å². The molecule has 3 heteroatoms. The number of nitrogens with one attached hydrogen (secondary N) is 1. The molecule has 108 valence electrons. The average molecular weight is 336 g/mol. The summed E-state index contributed by atoms with van der Waals surface area (Å²) in [6.45, 7) is 9.73. The van der Waals surface area contributed by atoms with E-state index in [-0.39, 0.29) is 11.5 Å². The lowest BCUT2D eigenvalue weighted by Gasteiger charge is -2.27. The van der Waals surface area contributed by atoms with Gasteiger partial charge in [-0.2, -0.15) is 0 Å². The van der Waals surface area contributed by atoms with Crippen molar-refractivity contribution in [3.8, 4) is 0 Å². The van der Waals surface area contributed by atoms with Crippen molar-refractivity contribution in [2.24, 2.45) is 0 Å². The van der Waals surface area contributed by atoms with Gasteiger partial charge in [0.15, 0.2) is 0 Å². The van der Waals surface area contributed by atoms with Crippen LogP contribution < -0.4 is 5.32 Å². The molecule has 1 unspecified atom stereocenters. The van der Waals surface area contributed by atoms with Gasteiger partial charge in [0, 0.05) is 0 Å². The molecule has 0 saturated heterocycles. The number of rotatable bonds is 4. The number of furan rings is 1. The van der Waals surface area contributed by atoms with Crippen LogP contribution in [0.5, 0.6) is 0 Å². The SMILES string of the molecule is CCNC(c1ccccc1C(C)(C)C)c1occc1Br. The largest absolute Gasteiger partial charge is 0.466 e. The quantitative estimate of drug-likeness (QED) is 0.846. The van der Waals surface area contributed by atoms with Gasteiger partial charge in [0.1, 0.15) is 5.76 Å². The summed E-state index contributed by atoms with van der Waals surface area (Å²) >= 11 is 3.58. The van der Waals surface area contributed by atoms with Crippen LogP contribution in [0.4, 0.5) is 0 Å². The maximum absolute atomic E-state index is 5.69. The molecule has 0 radical (unpaired) electrons. The fraction of sp³-hybridized carbons (Fsp3) is 0.412. The van der Waals surface area contributed by atoms with E-state index in [2.05, 4.69) is 73.2 Å². The number of hydrogen-bond donors (Lipinski definition) is 1. The molecule has 1 aromatic heterocycles. The molecule has 1 N–H and O–H groups in total. The first-order valence-corrected chi connectivity index (χ1v) is 7.80. The van der Waals surface area contributed by atoms with Gasteiger partial charge in [-0.05, 0) is 45.1 Å². The third-order valence-corrected chi connectivity index (χ3v) is 4.05. The van der Waals surface area contributed by atoms with Crippen LogP contribution in [-0.4, -0.2) is 6.54 Å². The summed E-state index contributed by atoms with van der Waals surface area (Å²) < 4.78 is 6.70. The van der Waals surface area contributed by atoms with Crippen molar-refractivity contribution >= 4 is 15.9 Å². The zero-order valence-electron chi connectivity index (χ0n) is 12.5. The van der Waals surface area contributed by atoms with Gasteiger partial charge in [-0.3, -0.25) is 0 Å². The Kier molecular flexibility index (Phi) is 4.71. The highest BCUT2D eigenvalue weighted by atomic mass is 79.9. The lowest BCUT2D eigenvalue weighted by atomic mass is 9.81. The number of benzene rings is 1. The third-order valence-electron chi connectivity index (χ3n) is 3.40. The third kappa shape index (κ3) is 3.15. The normalized spacial score (nSPS) is 13.4. The molecular formula is C17H22BrNO. The zero-order valence-corrected chi connectivity index (χ0v) is 14.1. The molecule has 0 spiro atoms. The van der Waals surface area contributed by atoms with Crippen molar-refractivity contribution in [3.05, 3.63) is 58.0 Å². The Morgan fingerprint density at radius 1 is 1.20 bits per heavy atom. The Bertz CT molecular complexity index is 568. The summed E-state index contributed by atoms with van der Waals surface area (Å²) in [5.41, 5.74) is 2.72. The fourth-order valence-electron chi connectivity index (χ4n) is 2.49. The second-order valence-corrected chi connectivity index (χ2v) is 6.82. The molecule has 20 heavy (non-hydrogen) atoms.